The molecular weight excluding hydrogens is 380 g/mol. The van der Waals surface area contributed by atoms with Crippen LogP contribution in [0, 0.1) is 11.8 Å². The first-order chi connectivity index (χ1) is 14.2. The highest BCUT2D eigenvalue weighted by atomic mass is 32.2. The highest BCUT2D eigenvalue weighted by Gasteiger charge is 2.40. The van der Waals surface area contributed by atoms with Gasteiger partial charge in [0.2, 0.25) is 5.91 Å². The summed E-state index contributed by atoms with van der Waals surface area (Å²) in [5, 5.41) is 3.26. The lowest BCUT2D eigenvalue weighted by Crippen LogP contribution is -2.38. The Kier molecular flexibility index (Phi) is 5.08. The number of nitrogens with zero attached hydrogens (tertiary/aromatic N) is 1. The molecule has 2 aromatic carbocycles. The van der Waals surface area contributed by atoms with Crippen molar-refractivity contribution in [3.63, 3.8) is 0 Å². The Bertz CT molecular complexity index is 899. The smallest absolute Gasteiger partial charge is 0.251 e. The molecule has 5 heteroatoms. The molecule has 0 radical (unpaired) electrons. The molecule has 2 bridgehead atoms. The van der Waals surface area contributed by atoms with Crippen molar-refractivity contribution >= 4 is 23.6 Å². The number of benzene rings is 2. The molecule has 1 N–H and O–H groups in total. The van der Waals surface area contributed by atoms with Gasteiger partial charge in [0.15, 0.2) is 0 Å². The summed E-state index contributed by atoms with van der Waals surface area (Å²) in [4.78, 5) is 27.1. The third-order valence-corrected chi connectivity index (χ3v) is 7.93. The summed E-state index contributed by atoms with van der Waals surface area (Å²) in [7, 11) is 0. The Morgan fingerprint density at radius 3 is 2.52 bits per heavy atom. The highest BCUT2D eigenvalue weighted by molar-refractivity contribution is 8.00. The molecule has 0 unspecified atom stereocenters. The van der Waals surface area contributed by atoms with Crippen molar-refractivity contribution in [3.8, 4) is 0 Å². The summed E-state index contributed by atoms with van der Waals surface area (Å²) in [5.74, 6) is 2.20. The summed E-state index contributed by atoms with van der Waals surface area (Å²) in [6, 6.07) is 18.3. The van der Waals surface area contributed by atoms with Crippen LogP contribution in [-0.2, 0) is 11.3 Å². The van der Waals surface area contributed by atoms with Crippen LogP contribution in [0.4, 0.5) is 0 Å². The monoisotopic (exact) mass is 406 g/mol. The maximum Gasteiger partial charge on any atom is 0.251 e. The summed E-state index contributed by atoms with van der Waals surface area (Å²) in [6.07, 6.45) is 5.03. The van der Waals surface area contributed by atoms with Gasteiger partial charge in [0.25, 0.3) is 5.91 Å². The molecule has 5 rings (SSSR count). The summed E-state index contributed by atoms with van der Waals surface area (Å²) in [5.41, 5.74) is 2.92. The fourth-order valence-corrected chi connectivity index (χ4v) is 6.34. The first-order valence-corrected chi connectivity index (χ1v) is 11.6. The van der Waals surface area contributed by atoms with Crippen LogP contribution >= 0.6 is 11.8 Å². The van der Waals surface area contributed by atoms with Gasteiger partial charge in [0.1, 0.15) is 5.37 Å². The molecule has 2 saturated carbocycles. The zero-order valence-corrected chi connectivity index (χ0v) is 17.2. The molecule has 1 aliphatic heterocycles. The largest absolute Gasteiger partial charge is 0.349 e. The Labute approximate surface area is 176 Å². The summed E-state index contributed by atoms with van der Waals surface area (Å²) in [6.45, 7) is 0.615. The lowest BCUT2D eigenvalue weighted by molar-refractivity contribution is -0.128. The number of nitrogens with one attached hydrogen (secondary N) is 1. The van der Waals surface area contributed by atoms with E-state index in [0.717, 1.165) is 23.5 Å². The van der Waals surface area contributed by atoms with Gasteiger partial charge in [-0.15, -0.1) is 11.8 Å². The molecule has 1 heterocycles. The zero-order chi connectivity index (χ0) is 19.8. The maximum absolute atomic E-state index is 12.7. The molecule has 29 heavy (non-hydrogen) atoms. The van der Waals surface area contributed by atoms with E-state index in [1.54, 1.807) is 11.8 Å². The molecule has 2 aromatic rings. The van der Waals surface area contributed by atoms with E-state index in [1.807, 2.05) is 47.4 Å². The van der Waals surface area contributed by atoms with Gasteiger partial charge in [-0.3, -0.25) is 9.59 Å². The van der Waals surface area contributed by atoms with E-state index in [2.05, 4.69) is 17.4 Å². The van der Waals surface area contributed by atoms with Gasteiger partial charge >= 0.3 is 0 Å². The van der Waals surface area contributed by atoms with Gasteiger partial charge < -0.3 is 10.2 Å². The third-order valence-electron chi connectivity index (χ3n) is 6.68. The minimum Gasteiger partial charge on any atom is -0.349 e. The lowest BCUT2D eigenvalue weighted by Gasteiger charge is -2.25. The Morgan fingerprint density at radius 1 is 1.03 bits per heavy atom. The molecule has 2 amide bonds. The standard InChI is InChI=1S/C24H26N2O2S/c27-22-15-29-24(26(22)14-16-4-2-1-3-5-16)19-10-8-18(9-11-19)23(28)25-21-13-17-6-7-20(21)12-17/h1-5,8-11,17,20-21,24H,6-7,12-15H2,(H,25,28)/t17-,20+,21+,24-/m0/s1. The Balaban J connectivity index is 1.26. The molecule has 2 aliphatic carbocycles. The van der Waals surface area contributed by atoms with Crippen LogP contribution in [0.5, 0.6) is 0 Å². The van der Waals surface area contributed by atoms with Gasteiger partial charge in [-0.05, 0) is 54.4 Å². The summed E-state index contributed by atoms with van der Waals surface area (Å²) < 4.78 is 0. The molecule has 0 aromatic heterocycles. The molecule has 3 fully saturated rings. The van der Waals surface area contributed by atoms with Crippen molar-refractivity contribution in [1.82, 2.24) is 10.2 Å². The molecule has 4 atom stereocenters. The van der Waals surface area contributed by atoms with Crippen molar-refractivity contribution in [1.29, 1.82) is 0 Å². The number of fused-ring (bicyclic) bond motifs is 2. The number of thioether (sulfide) groups is 1. The minimum absolute atomic E-state index is 0.00499. The van der Waals surface area contributed by atoms with Crippen molar-refractivity contribution in [2.75, 3.05) is 5.75 Å². The van der Waals surface area contributed by atoms with E-state index in [0.29, 0.717) is 29.8 Å². The van der Waals surface area contributed by atoms with Crippen LogP contribution in [-0.4, -0.2) is 28.5 Å². The average Bonchev–Trinajstić information content (AvgIpc) is 3.46. The second-order valence-corrected chi connectivity index (χ2v) is 9.62. The van der Waals surface area contributed by atoms with E-state index in [9.17, 15) is 9.59 Å². The first kappa shape index (κ1) is 18.7. The van der Waals surface area contributed by atoms with E-state index < -0.39 is 0 Å². The fraction of sp³-hybridized carbons (Fsp3) is 0.417. The molecule has 0 spiro atoms. The topological polar surface area (TPSA) is 49.4 Å². The Morgan fingerprint density at radius 2 is 1.83 bits per heavy atom. The molecule has 150 valence electrons. The van der Waals surface area contributed by atoms with Crippen molar-refractivity contribution in [2.45, 2.75) is 43.6 Å². The number of carbonyl (C=O) groups is 2. The normalized spacial score (nSPS) is 28.1. The number of hydrogen-bond donors (Lipinski definition) is 1. The van der Waals surface area contributed by atoms with E-state index in [1.165, 1.54) is 19.3 Å². The first-order valence-electron chi connectivity index (χ1n) is 10.5. The van der Waals surface area contributed by atoms with Crippen LogP contribution in [0.3, 0.4) is 0 Å². The second-order valence-electron chi connectivity index (χ2n) is 8.55. The molecule has 1 saturated heterocycles. The van der Waals surface area contributed by atoms with Gasteiger partial charge in [0, 0.05) is 18.2 Å². The molecule has 4 nitrogen and oxygen atoms in total. The van der Waals surface area contributed by atoms with Gasteiger partial charge in [0.05, 0.1) is 5.75 Å². The molecule has 3 aliphatic rings. The fourth-order valence-electron chi connectivity index (χ4n) is 5.15. The predicted molar refractivity (Wildman–Crippen MR) is 115 cm³/mol. The van der Waals surface area contributed by atoms with Crippen LogP contribution in [0.25, 0.3) is 0 Å². The average molecular weight is 407 g/mol. The zero-order valence-electron chi connectivity index (χ0n) is 16.4. The van der Waals surface area contributed by atoms with Crippen molar-refractivity contribution in [2.24, 2.45) is 11.8 Å². The van der Waals surface area contributed by atoms with E-state index in [-0.39, 0.29) is 17.2 Å². The van der Waals surface area contributed by atoms with Crippen molar-refractivity contribution in [3.05, 3.63) is 71.3 Å². The van der Waals surface area contributed by atoms with Crippen LogP contribution < -0.4 is 5.32 Å². The Hall–Kier alpha value is -2.27. The minimum atomic E-state index is 0.00499. The van der Waals surface area contributed by atoms with Gasteiger partial charge in [-0.2, -0.15) is 0 Å². The number of rotatable bonds is 5. The quantitative estimate of drug-likeness (QED) is 0.802. The van der Waals surface area contributed by atoms with E-state index >= 15 is 0 Å². The second kappa shape index (κ2) is 7.86. The van der Waals surface area contributed by atoms with Crippen LogP contribution in [0.2, 0.25) is 0 Å². The third kappa shape index (κ3) is 3.80. The number of amides is 2. The molecular formula is C24H26N2O2S. The highest BCUT2D eigenvalue weighted by Crippen LogP contribution is 2.44. The van der Waals surface area contributed by atoms with Crippen molar-refractivity contribution < 1.29 is 9.59 Å². The van der Waals surface area contributed by atoms with Gasteiger partial charge in [-0.25, -0.2) is 0 Å². The van der Waals surface area contributed by atoms with E-state index in [4.69, 9.17) is 0 Å². The predicted octanol–water partition coefficient (Wildman–Crippen LogP) is 4.38. The van der Waals surface area contributed by atoms with Crippen LogP contribution in [0.1, 0.15) is 52.5 Å². The van der Waals surface area contributed by atoms with Gasteiger partial charge in [-0.1, -0.05) is 48.9 Å². The lowest BCUT2D eigenvalue weighted by atomic mass is 9.95. The summed E-state index contributed by atoms with van der Waals surface area (Å²) >= 11 is 1.66. The SMILES string of the molecule is O=C(N[C@@H]1C[C@H]2CC[C@@H]1C2)c1ccc([C@@H]2SCC(=O)N2Cc2ccccc2)cc1. The van der Waals surface area contributed by atoms with Crippen LogP contribution in [0.15, 0.2) is 54.6 Å². The maximum atomic E-state index is 12.7. The number of carbonyl (C=O) groups excluding carboxylic acids is 2. The number of hydrogen-bond acceptors (Lipinski definition) is 3.